The van der Waals surface area contributed by atoms with Gasteiger partial charge in [-0.05, 0) is 63.4 Å². The molecule has 1 atom stereocenters. The van der Waals surface area contributed by atoms with Gasteiger partial charge in [-0.15, -0.1) is 11.3 Å². The van der Waals surface area contributed by atoms with E-state index < -0.39 is 0 Å². The number of anilines is 1. The molecule has 4 rings (SSSR count). The average molecular weight is 443 g/mol. The summed E-state index contributed by atoms with van der Waals surface area (Å²) in [6.45, 7) is 3.74. The molecule has 0 radical (unpaired) electrons. The van der Waals surface area contributed by atoms with Crippen LogP contribution in [0.2, 0.25) is 0 Å². The Morgan fingerprint density at radius 3 is 2.71 bits per heavy atom. The topological polar surface area (TPSA) is 118 Å². The quantitative estimate of drug-likeness (QED) is 0.202. The molecule has 2 saturated carbocycles. The lowest BCUT2D eigenvalue weighted by Crippen LogP contribution is -2.41. The number of carbonyl (C=O) groups excluding carboxylic acids is 2. The van der Waals surface area contributed by atoms with Crippen molar-refractivity contribution in [2.75, 3.05) is 25.0 Å². The number of hydrogen-bond acceptors (Lipinski definition) is 6. The van der Waals surface area contributed by atoms with Crippen molar-refractivity contribution in [1.29, 1.82) is 5.26 Å². The van der Waals surface area contributed by atoms with Crippen molar-refractivity contribution >= 4 is 34.0 Å². The van der Waals surface area contributed by atoms with Crippen LogP contribution >= 0.6 is 11.3 Å². The molecule has 8 nitrogen and oxygen atoms in total. The fourth-order valence-electron chi connectivity index (χ4n) is 3.93. The minimum atomic E-state index is -0.0736. The first-order valence-electron chi connectivity index (χ1n) is 11.2. The molecule has 3 aliphatic rings. The zero-order valence-corrected chi connectivity index (χ0v) is 18.7. The summed E-state index contributed by atoms with van der Waals surface area (Å²) in [6, 6.07) is 0.187. The number of fused-ring (bicyclic) bond motifs is 1. The van der Waals surface area contributed by atoms with Gasteiger partial charge in [0.15, 0.2) is 6.19 Å². The molecule has 2 fully saturated rings. The highest BCUT2D eigenvalue weighted by molar-refractivity contribution is 7.17. The largest absolute Gasteiger partial charge is 0.352 e. The Balaban J connectivity index is 1.49. The summed E-state index contributed by atoms with van der Waals surface area (Å²) < 4.78 is 0. The first kappa shape index (κ1) is 21.8. The molecule has 166 valence electrons. The fraction of sp³-hybridized carbons (Fsp3) is 0.636. The van der Waals surface area contributed by atoms with Crippen LogP contribution in [0.15, 0.2) is 4.99 Å². The zero-order valence-electron chi connectivity index (χ0n) is 17.9. The van der Waals surface area contributed by atoms with E-state index in [0.717, 1.165) is 37.7 Å². The summed E-state index contributed by atoms with van der Waals surface area (Å²) in [7, 11) is 0. The van der Waals surface area contributed by atoms with Gasteiger partial charge in [-0.1, -0.05) is 0 Å². The first-order chi connectivity index (χ1) is 15.1. The van der Waals surface area contributed by atoms with Crippen molar-refractivity contribution < 1.29 is 9.59 Å². The summed E-state index contributed by atoms with van der Waals surface area (Å²) in [5, 5.41) is 21.8. The van der Waals surface area contributed by atoms with Crippen molar-refractivity contribution in [3.05, 3.63) is 16.0 Å². The van der Waals surface area contributed by atoms with E-state index in [1.54, 1.807) is 11.3 Å². The van der Waals surface area contributed by atoms with Gasteiger partial charge >= 0.3 is 0 Å². The highest BCUT2D eigenvalue weighted by Gasteiger charge is 2.34. The van der Waals surface area contributed by atoms with E-state index in [2.05, 4.69) is 26.3 Å². The van der Waals surface area contributed by atoms with E-state index in [1.165, 1.54) is 17.7 Å². The molecular formula is C22H30N6O2S. The monoisotopic (exact) mass is 442 g/mol. The Hall–Kier alpha value is -2.44. The number of nitrogens with zero attached hydrogens (tertiary/aromatic N) is 2. The molecule has 0 spiro atoms. The molecule has 0 saturated heterocycles. The first-order valence-corrected chi connectivity index (χ1v) is 12.1. The van der Waals surface area contributed by atoms with Crippen LogP contribution in [0.3, 0.4) is 0 Å². The highest BCUT2D eigenvalue weighted by Crippen LogP contribution is 2.40. The van der Waals surface area contributed by atoms with Crippen LogP contribution in [0, 0.1) is 23.3 Å². The number of nitrogens with one attached hydrogen (secondary N) is 4. The number of thiophene rings is 1. The van der Waals surface area contributed by atoms with E-state index >= 15 is 0 Å². The molecule has 31 heavy (non-hydrogen) atoms. The van der Waals surface area contributed by atoms with Crippen LogP contribution in [0.4, 0.5) is 5.00 Å². The Bertz CT molecular complexity index is 910. The third kappa shape index (κ3) is 5.63. The van der Waals surface area contributed by atoms with Crippen LogP contribution in [0.5, 0.6) is 0 Å². The molecule has 1 aromatic rings. The molecule has 0 bridgehead atoms. The Labute approximate surface area is 186 Å². The van der Waals surface area contributed by atoms with Gasteiger partial charge in [0.2, 0.25) is 5.91 Å². The van der Waals surface area contributed by atoms with Gasteiger partial charge in [0.05, 0.1) is 12.1 Å². The highest BCUT2D eigenvalue weighted by atomic mass is 32.1. The van der Waals surface area contributed by atoms with Gasteiger partial charge in [-0.3, -0.25) is 19.9 Å². The lowest BCUT2D eigenvalue weighted by molar-refractivity contribution is -0.117. The minimum absolute atomic E-state index is 0.0347. The summed E-state index contributed by atoms with van der Waals surface area (Å²) in [5.74, 6) is 1.28. The van der Waals surface area contributed by atoms with Gasteiger partial charge in [-0.25, -0.2) is 0 Å². The van der Waals surface area contributed by atoms with Crippen LogP contribution < -0.4 is 21.3 Å². The molecule has 2 amide bonds. The van der Waals surface area contributed by atoms with E-state index in [9.17, 15) is 9.59 Å². The normalized spacial score (nSPS) is 20.5. The number of amidine groups is 1. The summed E-state index contributed by atoms with van der Waals surface area (Å²) in [4.78, 5) is 31.0. The Morgan fingerprint density at radius 1 is 1.23 bits per heavy atom. The molecule has 1 aromatic heterocycles. The number of nitriles is 1. The molecule has 1 heterocycles. The number of amides is 2. The predicted molar refractivity (Wildman–Crippen MR) is 121 cm³/mol. The second-order valence-corrected chi connectivity index (χ2v) is 9.71. The zero-order chi connectivity index (χ0) is 21.8. The standard InChI is InChI=1S/C22H30N6O2S/c1-2-24-18(27-12-23)11-25-15-7-8-17-16(9-15)19(21(30)26-10-13-3-4-13)22(31-17)28-20(29)14-5-6-14/h13-15,25H,2-11H2,1H3,(H,24,27)(H,26,30)(H,28,29)/t15-/m0/s1. The Morgan fingerprint density at radius 2 is 2.03 bits per heavy atom. The molecule has 0 unspecified atom stereocenters. The second kappa shape index (κ2) is 9.79. The van der Waals surface area contributed by atoms with E-state index in [0.29, 0.717) is 42.0 Å². The van der Waals surface area contributed by atoms with Crippen molar-refractivity contribution in [2.24, 2.45) is 16.8 Å². The summed E-state index contributed by atoms with van der Waals surface area (Å²) in [6.07, 6.45) is 8.69. The summed E-state index contributed by atoms with van der Waals surface area (Å²) in [5.41, 5.74) is 1.70. The van der Waals surface area contributed by atoms with Gasteiger partial charge < -0.3 is 16.0 Å². The van der Waals surface area contributed by atoms with Crippen molar-refractivity contribution in [2.45, 2.75) is 57.9 Å². The van der Waals surface area contributed by atoms with Crippen LogP contribution in [-0.2, 0) is 17.6 Å². The summed E-state index contributed by atoms with van der Waals surface area (Å²) >= 11 is 1.56. The average Bonchev–Trinajstić information content (AvgIpc) is 3.67. The fourth-order valence-corrected chi connectivity index (χ4v) is 5.17. The number of carbonyl (C=O) groups is 2. The van der Waals surface area contributed by atoms with E-state index in [4.69, 9.17) is 5.26 Å². The molecule has 4 N–H and O–H groups in total. The molecule has 9 heteroatoms. The lowest BCUT2D eigenvalue weighted by Gasteiger charge is -2.24. The van der Waals surface area contributed by atoms with Gasteiger partial charge in [0.1, 0.15) is 10.8 Å². The Kier molecular flexibility index (Phi) is 6.88. The SMILES string of the molecule is CCN=C(CN[C@H]1CCc2sc(NC(=O)C3CC3)c(C(=O)NCC3CC3)c2C1)NC#N. The third-order valence-corrected chi connectivity index (χ3v) is 7.24. The van der Waals surface area contributed by atoms with Crippen molar-refractivity contribution in [3.8, 4) is 6.19 Å². The van der Waals surface area contributed by atoms with Crippen molar-refractivity contribution in [1.82, 2.24) is 16.0 Å². The van der Waals surface area contributed by atoms with Crippen LogP contribution in [0.25, 0.3) is 0 Å². The van der Waals surface area contributed by atoms with Crippen LogP contribution in [-0.4, -0.2) is 43.3 Å². The third-order valence-electron chi connectivity index (χ3n) is 6.03. The van der Waals surface area contributed by atoms with E-state index in [-0.39, 0.29) is 23.8 Å². The van der Waals surface area contributed by atoms with Crippen LogP contribution in [0.1, 0.15) is 59.8 Å². The minimum Gasteiger partial charge on any atom is -0.352 e. The maximum atomic E-state index is 13.1. The van der Waals surface area contributed by atoms with Gasteiger partial charge in [0.25, 0.3) is 5.91 Å². The maximum Gasteiger partial charge on any atom is 0.254 e. The van der Waals surface area contributed by atoms with Gasteiger partial charge in [0, 0.05) is 29.9 Å². The smallest absolute Gasteiger partial charge is 0.254 e. The maximum absolute atomic E-state index is 13.1. The molecule has 3 aliphatic carbocycles. The lowest BCUT2D eigenvalue weighted by atomic mass is 9.91. The predicted octanol–water partition coefficient (Wildman–Crippen LogP) is 2.17. The second-order valence-electron chi connectivity index (χ2n) is 8.60. The van der Waals surface area contributed by atoms with E-state index in [1.807, 2.05) is 13.1 Å². The van der Waals surface area contributed by atoms with Crippen molar-refractivity contribution in [3.63, 3.8) is 0 Å². The number of hydrogen-bond donors (Lipinski definition) is 4. The van der Waals surface area contributed by atoms with Gasteiger partial charge in [-0.2, -0.15) is 5.26 Å². The number of rotatable bonds is 9. The molecule has 0 aromatic carbocycles. The number of aliphatic imine (C=N–C) groups is 1. The number of aryl methyl sites for hydroxylation is 1. The molecular weight excluding hydrogens is 412 g/mol. The molecule has 0 aliphatic heterocycles.